The van der Waals surface area contributed by atoms with Crippen molar-refractivity contribution >= 4 is 5.91 Å². The highest BCUT2D eigenvalue weighted by Gasteiger charge is 2.26. The van der Waals surface area contributed by atoms with E-state index in [0.29, 0.717) is 12.8 Å². The van der Waals surface area contributed by atoms with Crippen molar-refractivity contribution in [3.8, 4) is 0 Å². The van der Waals surface area contributed by atoms with Gasteiger partial charge in [-0.15, -0.1) is 13.2 Å². The number of amides is 1. The van der Waals surface area contributed by atoms with Gasteiger partial charge < -0.3 is 10.4 Å². The summed E-state index contributed by atoms with van der Waals surface area (Å²) >= 11 is 0. The molecule has 0 rings (SSSR count). The van der Waals surface area contributed by atoms with Gasteiger partial charge in [0, 0.05) is 12.5 Å². The first kappa shape index (κ1) is 15.9. The van der Waals surface area contributed by atoms with Crippen LogP contribution in [0.2, 0.25) is 0 Å². The number of allylic oxidation sites excluding steroid dienone is 2. The number of carbonyl (C=O) groups excluding carboxylic acids is 1. The van der Waals surface area contributed by atoms with E-state index < -0.39 is 5.60 Å². The van der Waals surface area contributed by atoms with Crippen LogP contribution in [0.5, 0.6) is 0 Å². The van der Waals surface area contributed by atoms with Crippen LogP contribution in [0.25, 0.3) is 0 Å². The maximum absolute atomic E-state index is 11.9. The summed E-state index contributed by atoms with van der Waals surface area (Å²) in [6, 6.07) is 0. The molecule has 0 aromatic carbocycles. The van der Waals surface area contributed by atoms with Crippen LogP contribution in [0.1, 0.15) is 33.6 Å². The predicted octanol–water partition coefficient (Wildman–Crippen LogP) is 2.28. The SMILES string of the molecule is C=CCC(CC=C)C(=O)NCC(C)(O)C(C)C. The molecule has 0 aliphatic rings. The second kappa shape index (κ2) is 7.28. The predicted molar refractivity (Wildman–Crippen MR) is 71.6 cm³/mol. The van der Waals surface area contributed by atoms with Gasteiger partial charge in [-0.2, -0.15) is 0 Å². The maximum Gasteiger partial charge on any atom is 0.223 e. The Morgan fingerprint density at radius 2 is 1.82 bits per heavy atom. The number of hydrogen-bond acceptors (Lipinski definition) is 2. The van der Waals surface area contributed by atoms with Crippen LogP contribution in [0.3, 0.4) is 0 Å². The summed E-state index contributed by atoms with van der Waals surface area (Å²) in [4.78, 5) is 11.9. The Balaban J connectivity index is 4.31. The highest BCUT2D eigenvalue weighted by atomic mass is 16.3. The first-order valence-corrected chi connectivity index (χ1v) is 6.07. The van der Waals surface area contributed by atoms with Crippen molar-refractivity contribution in [1.29, 1.82) is 0 Å². The zero-order chi connectivity index (χ0) is 13.5. The first-order valence-electron chi connectivity index (χ1n) is 6.07. The summed E-state index contributed by atoms with van der Waals surface area (Å²) in [6.07, 6.45) is 4.71. The molecule has 0 bridgehead atoms. The Labute approximate surface area is 105 Å². The van der Waals surface area contributed by atoms with Gasteiger partial charge in [0.2, 0.25) is 5.91 Å². The van der Waals surface area contributed by atoms with Crippen molar-refractivity contribution in [2.24, 2.45) is 11.8 Å². The molecule has 0 saturated heterocycles. The molecule has 0 saturated carbocycles. The van der Waals surface area contributed by atoms with Gasteiger partial charge in [0.15, 0.2) is 0 Å². The van der Waals surface area contributed by atoms with E-state index in [1.165, 1.54) is 0 Å². The molecule has 1 atom stereocenters. The second-order valence-corrected chi connectivity index (χ2v) is 4.98. The average Bonchev–Trinajstić information content (AvgIpc) is 2.25. The van der Waals surface area contributed by atoms with Crippen LogP contribution in [0.4, 0.5) is 0 Å². The zero-order valence-electron chi connectivity index (χ0n) is 11.2. The lowest BCUT2D eigenvalue weighted by Crippen LogP contribution is -2.45. The number of nitrogens with one attached hydrogen (secondary N) is 1. The second-order valence-electron chi connectivity index (χ2n) is 4.98. The molecule has 1 amide bonds. The van der Waals surface area contributed by atoms with Crippen molar-refractivity contribution in [2.75, 3.05) is 6.54 Å². The van der Waals surface area contributed by atoms with Crippen LogP contribution >= 0.6 is 0 Å². The van der Waals surface area contributed by atoms with Crippen LogP contribution in [0.15, 0.2) is 25.3 Å². The van der Waals surface area contributed by atoms with E-state index in [-0.39, 0.29) is 24.3 Å². The number of carbonyl (C=O) groups is 1. The highest BCUT2D eigenvalue weighted by molar-refractivity contribution is 5.79. The monoisotopic (exact) mass is 239 g/mol. The third-order valence-electron chi connectivity index (χ3n) is 3.14. The minimum absolute atomic E-state index is 0.0503. The lowest BCUT2D eigenvalue weighted by molar-refractivity contribution is -0.126. The van der Waals surface area contributed by atoms with Crippen molar-refractivity contribution in [1.82, 2.24) is 5.32 Å². The third kappa shape index (κ3) is 5.68. The number of rotatable bonds is 8. The molecule has 0 spiro atoms. The smallest absolute Gasteiger partial charge is 0.223 e. The Morgan fingerprint density at radius 1 is 1.35 bits per heavy atom. The molecule has 0 fully saturated rings. The molecular weight excluding hydrogens is 214 g/mol. The fourth-order valence-corrected chi connectivity index (χ4v) is 1.33. The molecule has 17 heavy (non-hydrogen) atoms. The van der Waals surface area contributed by atoms with Gasteiger partial charge in [0.1, 0.15) is 0 Å². The van der Waals surface area contributed by atoms with Gasteiger partial charge in [0.25, 0.3) is 0 Å². The van der Waals surface area contributed by atoms with Gasteiger partial charge in [0.05, 0.1) is 5.60 Å². The Hall–Kier alpha value is -1.09. The molecular formula is C14H25NO2. The molecule has 0 aliphatic carbocycles. The number of hydrogen-bond donors (Lipinski definition) is 2. The van der Waals surface area contributed by atoms with E-state index >= 15 is 0 Å². The summed E-state index contributed by atoms with van der Waals surface area (Å²) in [6.45, 7) is 13.1. The van der Waals surface area contributed by atoms with E-state index in [2.05, 4.69) is 18.5 Å². The molecule has 1 unspecified atom stereocenters. The van der Waals surface area contributed by atoms with Crippen LogP contribution in [0, 0.1) is 11.8 Å². The molecule has 3 nitrogen and oxygen atoms in total. The van der Waals surface area contributed by atoms with E-state index in [1.807, 2.05) is 13.8 Å². The molecule has 0 aromatic heterocycles. The molecule has 2 N–H and O–H groups in total. The van der Waals surface area contributed by atoms with Crippen molar-refractivity contribution in [3.63, 3.8) is 0 Å². The van der Waals surface area contributed by atoms with E-state index in [9.17, 15) is 9.90 Å². The Bertz CT molecular complexity index is 259. The normalized spacial score (nSPS) is 14.5. The van der Waals surface area contributed by atoms with Crippen LogP contribution in [-0.4, -0.2) is 23.2 Å². The zero-order valence-corrected chi connectivity index (χ0v) is 11.2. The lowest BCUT2D eigenvalue weighted by Gasteiger charge is -2.28. The van der Waals surface area contributed by atoms with Gasteiger partial charge in [-0.05, 0) is 25.7 Å². The molecule has 98 valence electrons. The van der Waals surface area contributed by atoms with Gasteiger partial charge in [-0.25, -0.2) is 0 Å². The van der Waals surface area contributed by atoms with Gasteiger partial charge in [-0.1, -0.05) is 26.0 Å². The molecule has 3 heteroatoms. The van der Waals surface area contributed by atoms with Crippen molar-refractivity contribution < 1.29 is 9.90 Å². The van der Waals surface area contributed by atoms with Crippen LogP contribution in [-0.2, 0) is 4.79 Å². The first-order chi connectivity index (χ1) is 7.85. The fourth-order valence-electron chi connectivity index (χ4n) is 1.33. The third-order valence-corrected chi connectivity index (χ3v) is 3.14. The van der Waals surface area contributed by atoms with E-state index in [4.69, 9.17) is 0 Å². The van der Waals surface area contributed by atoms with Crippen molar-refractivity contribution in [3.05, 3.63) is 25.3 Å². The summed E-state index contributed by atoms with van der Waals surface area (Å²) in [7, 11) is 0. The Kier molecular flexibility index (Phi) is 6.81. The summed E-state index contributed by atoms with van der Waals surface area (Å²) < 4.78 is 0. The summed E-state index contributed by atoms with van der Waals surface area (Å²) in [5, 5.41) is 12.8. The van der Waals surface area contributed by atoms with E-state index in [0.717, 1.165) is 0 Å². The standard InChI is InChI=1S/C14H25NO2/c1-6-8-12(9-7-2)13(16)15-10-14(5,17)11(3)4/h6-7,11-12,17H,1-2,8-10H2,3-5H3,(H,15,16). The molecule has 0 aromatic rings. The van der Waals surface area contributed by atoms with Gasteiger partial charge >= 0.3 is 0 Å². The average molecular weight is 239 g/mol. The summed E-state index contributed by atoms with van der Waals surface area (Å²) in [5.41, 5.74) is -0.872. The molecule has 0 heterocycles. The largest absolute Gasteiger partial charge is 0.388 e. The van der Waals surface area contributed by atoms with Crippen molar-refractivity contribution in [2.45, 2.75) is 39.2 Å². The van der Waals surface area contributed by atoms with E-state index in [1.54, 1.807) is 19.1 Å². The number of aliphatic hydroxyl groups is 1. The summed E-state index contributed by atoms with van der Waals surface area (Å²) in [5.74, 6) is -0.0845. The Morgan fingerprint density at radius 3 is 2.18 bits per heavy atom. The topological polar surface area (TPSA) is 49.3 Å². The minimum Gasteiger partial charge on any atom is -0.388 e. The highest BCUT2D eigenvalue weighted by Crippen LogP contribution is 2.16. The fraction of sp³-hybridized carbons (Fsp3) is 0.643. The maximum atomic E-state index is 11.9. The molecule has 0 aliphatic heterocycles. The lowest BCUT2D eigenvalue weighted by atomic mass is 9.92. The molecule has 0 radical (unpaired) electrons. The van der Waals surface area contributed by atoms with Gasteiger partial charge in [-0.3, -0.25) is 4.79 Å². The quantitative estimate of drug-likeness (QED) is 0.638. The van der Waals surface area contributed by atoms with Crippen LogP contribution < -0.4 is 5.32 Å². The minimum atomic E-state index is -0.872.